The number of benzene rings is 1. The molecule has 3 heteroatoms. The van der Waals surface area contributed by atoms with Crippen molar-refractivity contribution in [2.45, 2.75) is 26.7 Å². The molecule has 0 radical (unpaired) electrons. The average Bonchev–Trinajstić information content (AvgIpc) is 2.34. The van der Waals surface area contributed by atoms with Crippen molar-refractivity contribution in [1.29, 1.82) is 0 Å². The van der Waals surface area contributed by atoms with Crippen LogP contribution < -0.4 is 5.32 Å². The third kappa shape index (κ3) is 5.00. The minimum absolute atomic E-state index is 0.0296. The Bertz CT molecular complexity index is 344. The summed E-state index contributed by atoms with van der Waals surface area (Å²) in [6.07, 6.45) is 2.21. The normalized spacial score (nSPS) is 10.6. The summed E-state index contributed by atoms with van der Waals surface area (Å²) >= 11 is 0. The predicted molar refractivity (Wildman–Crippen MR) is 69.0 cm³/mol. The molecule has 0 atom stereocenters. The first-order valence-electron chi connectivity index (χ1n) is 6.11. The highest BCUT2D eigenvalue weighted by Crippen LogP contribution is 2.10. The Labute approximate surface area is 103 Å². The van der Waals surface area contributed by atoms with Gasteiger partial charge in [0.15, 0.2) is 0 Å². The van der Waals surface area contributed by atoms with Crippen LogP contribution in [0.4, 0.5) is 0 Å². The fourth-order valence-electron chi connectivity index (χ4n) is 1.55. The monoisotopic (exact) mass is 235 g/mol. The molecular weight excluding hydrogens is 214 g/mol. The molecule has 1 aromatic carbocycles. The van der Waals surface area contributed by atoms with E-state index in [1.54, 1.807) is 0 Å². The minimum atomic E-state index is -0.130. The Balaban J connectivity index is 2.52. The Morgan fingerprint density at radius 3 is 2.47 bits per heavy atom. The molecule has 0 unspecified atom stereocenters. The Hall–Kier alpha value is -1.35. The topological polar surface area (TPSA) is 49.3 Å². The second-order valence-corrected chi connectivity index (χ2v) is 4.61. The highest BCUT2D eigenvalue weighted by molar-refractivity contribution is 5.94. The van der Waals surface area contributed by atoms with E-state index in [2.05, 4.69) is 19.2 Å². The second kappa shape index (κ2) is 7.07. The summed E-state index contributed by atoms with van der Waals surface area (Å²) in [6, 6.07) is 7.66. The van der Waals surface area contributed by atoms with Crippen LogP contribution in [0.25, 0.3) is 0 Å². The fraction of sp³-hybridized carbons (Fsp3) is 0.500. The van der Waals surface area contributed by atoms with Crippen LogP contribution in [0.2, 0.25) is 0 Å². The molecule has 1 amide bonds. The Kier molecular flexibility index (Phi) is 5.70. The maximum atomic E-state index is 11.6. The van der Waals surface area contributed by atoms with Crippen LogP contribution in [0.5, 0.6) is 0 Å². The third-order valence-electron chi connectivity index (χ3n) is 2.62. The highest BCUT2D eigenvalue weighted by atomic mass is 16.3. The number of aliphatic hydroxyl groups excluding tert-OH is 1. The van der Waals surface area contributed by atoms with Gasteiger partial charge in [0, 0.05) is 12.1 Å². The van der Waals surface area contributed by atoms with Gasteiger partial charge in [0.2, 0.25) is 0 Å². The van der Waals surface area contributed by atoms with E-state index in [4.69, 9.17) is 5.11 Å². The van der Waals surface area contributed by atoms with Crippen LogP contribution in [0.3, 0.4) is 0 Å². The van der Waals surface area contributed by atoms with Crippen molar-refractivity contribution in [3.63, 3.8) is 0 Å². The summed E-state index contributed by atoms with van der Waals surface area (Å²) in [5.74, 6) is 0.567. The van der Waals surface area contributed by atoms with Crippen molar-refractivity contribution in [2.24, 2.45) is 5.92 Å². The first-order chi connectivity index (χ1) is 8.13. The van der Waals surface area contributed by atoms with Crippen LogP contribution in [-0.4, -0.2) is 24.2 Å². The average molecular weight is 235 g/mol. The molecule has 2 N–H and O–H groups in total. The highest BCUT2D eigenvalue weighted by Gasteiger charge is 2.04. The summed E-state index contributed by atoms with van der Waals surface area (Å²) in [6.45, 7) is 4.68. The Morgan fingerprint density at radius 2 is 1.94 bits per heavy atom. The first kappa shape index (κ1) is 13.7. The van der Waals surface area contributed by atoms with Crippen molar-refractivity contribution in [2.75, 3.05) is 13.2 Å². The second-order valence-electron chi connectivity index (χ2n) is 4.61. The van der Waals surface area contributed by atoms with Gasteiger partial charge in [-0.2, -0.15) is 0 Å². The van der Waals surface area contributed by atoms with Gasteiger partial charge in [-0.3, -0.25) is 4.79 Å². The molecule has 0 spiro atoms. The number of amides is 1. The zero-order valence-corrected chi connectivity index (χ0v) is 10.6. The van der Waals surface area contributed by atoms with Gasteiger partial charge in [0.1, 0.15) is 0 Å². The molecule has 1 aromatic rings. The molecule has 0 aromatic heterocycles. The van der Waals surface area contributed by atoms with Gasteiger partial charge in [-0.05, 0) is 36.5 Å². The first-order valence-corrected chi connectivity index (χ1v) is 6.11. The summed E-state index contributed by atoms with van der Waals surface area (Å²) in [4.78, 5) is 11.6. The van der Waals surface area contributed by atoms with E-state index in [1.807, 2.05) is 24.3 Å². The van der Waals surface area contributed by atoms with E-state index in [9.17, 15) is 4.79 Å². The molecule has 1 rings (SSSR count). The number of aliphatic hydroxyl groups is 1. The predicted octanol–water partition coefficient (Wildman–Crippen LogP) is 2.00. The summed E-state index contributed by atoms with van der Waals surface area (Å²) in [7, 11) is 0. The molecule has 0 saturated heterocycles. The number of carbonyl (C=O) groups excluding carboxylic acids is 1. The van der Waals surface area contributed by atoms with Gasteiger partial charge >= 0.3 is 0 Å². The molecule has 0 bridgehead atoms. The largest absolute Gasteiger partial charge is 0.395 e. The smallest absolute Gasteiger partial charge is 0.251 e. The van der Waals surface area contributed by atoms with Gasteiger partial charge in [0.05, 0.1) is 6.61 Å². The van der Waals surface area contributed by atoms with Gasteiger partial charge in [0.25, 0.3) is 5.91 Å². The van der Waals surface area contributed by atoms with Gasteiger partial charge in [-0.25, -0.2) is 0 Å². The van der Waals surface area contributed by atoms with Crippen LogP contribution >= 0.6 is 0 Å². The number of hydrogen-bond acceptors (Lipinski definition) is 2. The fourth-order valence-corrected chi connectivity index (χ4v) is 1.55. The molecule has 17 heavy (non-hydrogen) atoms. The van der Waals surface area contributed by atoms with Crippen LogP contribution in [-0.2, 0) is 6.42 Å². The lowest BCUT2D eigenvalue weighted by Crippen LogP contribution is -2.26. The molecule has 0 saturated carbocycles. The van der Waals surface area contributed by atoms with E-state index in [0.717, 1.165) is 12.8 Å². The number of aryl methyl sites for hydroxylation is 1. The van der Waals surface area contributed by atoms with E-state index in [0.29, 0.717) is 18.0 Å². The quantitative estimate of drug-likeness (QED) is 0.792. The van der Waals surface area contributed by atoms with Crippen LogP contribution in [0.1, 0.15) is 36.2 Å². The lowest BCUT2D eigenvalue weighted by molar-refractivity contribution is 0.0945. The van der Waals surface area contributed by atoms with Crippen molar-refractivity contribution in [3.8, 4) is 0 Å². The summed E-state index contributed by atoms with van der Waals surface area (Å²) in [5, 5.41) is 11.2. The van der Waals surface area contributed by atoms with E-state index >= 15 is 0 Å². The maximum Gasteiger partial charge on any atom is 0.251 e. The molecule has 3 nitrogen and oxygen atoms in total. The SMILES string of the molecule is CC(C)CCc1ccc(C(=O)NCCO)cc1. The zero-order chi connectivity index (χ0) is 12.7. The standard InChI is InChI=1S/C14H21NO2/c1-11(2)3-4-12-5-7-13(8-6-12)14(17)15-9-10-16/h5-8,11,16H,3-4,9-10H2,1-2H3,(H,15,17). The molecular formula is C14H21NO2. The number of hydrogen-bond donors (Lipinski definition) is 2. The molecule has 0 fully saturated rings. The number of nitrogens with one attached hydrogen (secondary N) is 1. The molecule has 0 aliphatic rings. The lowest BCUT2D eigenvalue weighted by Gasteiger charge is -2.06. The Morgan fingerprint density at radius 1 is 1.29 bits per heavy atom. The lowest BCUT2D eigenvalue weighted by atomic mass is 10.0. The molecule has 0 aliphatic heterocycles. The number of carbonyl (C=O) groups is 1. The van der Waals surface area contributed by atoms with Crippen LogP contribution in [0, 0.1) is 5.92 Å². The molecule has 0 aliphatic carbocycles. The van der Waals surface area contributed by atoms with Crippen molar-refractivity contribution < 1.29 is 9.90 Å². The summed E-state index contributed by atoms with van der Waals surface area (Å²) < 4.78 is 0. The minimum Gasteiger partial charge on any atom is -0.395 e. The van der Waals surface area contributed by atoms with Crippen molar-refractivity contribution >= 4 is 5.91 Å². The maximum absolute atomic E-state index is 11.6. The van der Waals surface area contributed by atoms with E-state index < -0.39 is 0 Å². The van der Waals surface area contributed by atoms with E-state index in [-0.39, 0.29) is 12.5 Å². The van der Waals surface area contributed by atoms with Gasteiger partial charge in [-0.1, -0.05) is 26.0 Å². The van der Waals surface area contributed by atoms with Crippen molar-refractivity contribution in [3.05, 3.63) is 35.4 Å². The van der Waals surface area contributed by atoms with Gasteiger partial charge < -0.3 is 10.4 Å². The molecule has 94 valence electrons. The molecule has 0 heterocycles. The third-order valence-corrected chi connectivity index (χ3v) is 2.62. The summed E-state index contributed by atoms with van der Waals surface area (Å²) in [5.41, 5.74) is 1.91. The van der Waals surface area contributed by atoms with Crippen molar-refractivity contribution in [1.82, 2.24) is 5.32 Å². The van der Waals surface area contributed by atoms with Crippen LogP contribution in [0.15, 0.2) is 24.3 Å². The zero-order valence-electron chi connectivity index (χ0n) is 10.6. The van der Waals surface area contributed by atoms with E-state index in [1.165, 1.54) is 5.56 Å². The van der Waals surface area contributed by atoms with Gasteiger partial charge in [-0.15, -0.1) is 0 Å². The number of rotatable bonds is 6.